The highest BCUT2D eigenvalue weighted by Crippen LogP contribution is 2.41. The van der Waals surface area contributed by atoms with Gasteiger partial charge in [0.2, 0.25) is 0 Å². The number of para-hydroxylation sites is 1. The molecule has 0 saturated heterocycles. The van der Waals surface area contributed by atoms with E-state index in [1.54, 1.807) is 0 Å². The van der Waals surface area contributed by atoms with Crippen molar-refractivity contribution in [1.29, 1.82) is 0 Å². The van der Waals surface area contributed by atoms with Crippen LogP contribution in [0.1, 0.15) is 5.69 Å². The van der Waals surface area contributed by atoms with Gasteiger partial charge in [0.05, 0.1) is 27.9 Å². The molecule has 2 unspecified atom stereocenters. The fraction of sp³-hybridized carbons (Fsp3) is 0.0357. The molecule has 276 valence electrons. The lowest BCUT2D eigenvalue weighted by molar-refractivity contribution is 0.662. The summed E-state index contributed by atoms with van der Waals surface area (Å²) < 4.78 is 2.44. The molecule has 0 aliphatic heterocycles. The summed E-state index contributed by atoms with van der Waals surface area (Å²) in [5.74, 6) is 1.37. The van der Waals surface area contributed by atoms with Gasteiger partial charge in [0, 0.05) is 38.9 Å². The minimum Gasteiger partial charge on any atom is -0.309 e. The van der Waals surface area contributed by atoms with E-state index in [0.717, 1.165) is 61.1 Å². The van der Waals surface area contributed by atoms with Gasteiger partial charge in [-0.25, -0.2) is 9.97 Å². The van der Waals surface area contributed by atoms with Gasteiger partial charge < -0.3 is 4.57 Å². The smallest absolute Gasteiger partial charge is 0.161 e. The highest BCUT2D eigenvalue weighted by Gasteiger charge is 2.23. The van der Waals surface area contributed by atoms with Crippen LogP contribution in [0.2, 0.25) is 0 Å². The molecule has 2 aliphatic carbocycles. The first-order valence-electron chi connectivity index (χ1n) is 20.4. The first-order chi connectivity index (χ1) is 29.2. The average Bonchev–Trinajstić information content (AvgIpc) is 3.62. The summed E-state index contributed by atoms with van der Waals surface area (Å²) in [5.41, 5.74) is 12.2. The molecule has 59 heavy (non-hydrogen) atoms. The Morgan fingerprint density at radius 2 is 1.08 bits per heavy atom. The molecule has 0 fully saturated rings. The molecule has 0 N–H and O–H groups in total. The van der Waals surface area contributed by atoms with Crippen molar-refractivity contribution in [1.82, 2.24) is 14.5 Å². The van der Waals surface area contributed by atoms with E-state index in [4.69, 9.17) is 9.97 Å². The summed E-state index contributed by atoms with van der Waals surface area (Å²) >= 11 is 0. The molecule has 0 spiro atoms. The molecule has 10 aromatic rings. The van der Waals surface area contributed by atoms with Crippen LogP contribution in [-0.4, -0.2) is 14.5 Å². The number of hydrogen-bond donors (Lipinski definition) is 0. The van der Waals surface area contributed by atoms with Gasteiger partial charge in [-0.05, 0) is 86.5 Å². The Kier molecular flexibility index (Phi) is 7.67. The quantitative estimate of drug-likeness (QED) is 0.175. The molecule has 2 aromatic heterocycles. The number of nitrogens with zero attached hydrogens (tertiary/aromatic N) is 3. The molecule has 2 atom stereocenters. The molecular weight excluding hydrogens is 715 g/mol. The van der Waals surface area contributed by atoms with Crippen LogP contribution < -0.4 is 0 Å². The highest BCUT2D eigenvalue weighted by molar-refractivity contribution is 6.15. The zero-order valence-corrected chi connectivity index (χ0v) is 32.2. The predicted molar refractivity (Wildman–Crippen MR) is 248 cm³/mol. The van der Waals surface area contributed by atoms with Gasteiger partial charge in [-0.15, -0.1) is 0 Å². The Balaban J connectivity index is 1.05. The molecule has 3 heteroatoms. The number of aromatic nitrogens is 3. The Morgan fingerprint density at radius 1 is 0.424 bits per heavy atom. The molecule has 0 saturated carbocycles. The van der Waals surface area contributed by atoms with E-state index in [-0.39, 0.29) is 0 Å². The van der Waals surface area contributed by atoms with Gasteiger partial charge in [-0.1, -0.05) is 170 Å². The van der Waals surface area contributed by atoms with Crippen molar-refractivity contribution < 1.29 is 0 Å². The topological polar surface area (TPSA) is 30.7 Å². The van der Waals surface area contributed by atoms with Gasteiger partial charge >= 0.3 is 0 Å². The summed E-state index contributed by atoms with van der Waals surface area (Å²) in [6.07, 6.45) is 15.8. The molecule has 2 aliphatic rings. The molecular formula is C56H37N3. The summed E-state index contributed by atoms with van der Waals surface area (Å²) in [6, 6.07) is 61.3. The zero-order chi connectivity index (χ0) is 38.9. The molecule has 0 amide bonds. The maximum absolute atomic E-state index is 5.48. The van der Waals surface area contributed by atoms with Crippen molar-refractivity contribution in [2.45, 2.75) is 0 Å². The maximum Gasteiger partial charge on any atom is 0.161 e. The second kappa shape index (κ2) is 13.5. The first-order valence-corrected chi connectivity index (χ1v) is 20.4. The normalized spacial score (nSPS) is 16.0. The predicted octanol–water partition coefficient (Wildman–Crippen LogP) is 14.3. The van der Waals surface area contributed by atoms with E-state index in [2.05, 4.69) is 217 Å². The molecule has 3 nitrogen and oxygen atoms in total. The third-order valence-electron chi connectivity index (χ3n) is 12.3. The second-order valence-electron chi connectivity index (χ2n) is 15.7. The minimum absolute atomic E-state index is 0.291. The van der Waals surface area contributed by atoms with E-state index >= 15 is 0 Å². The van der Waals surface area contributed by atoms with Crippen molar-refractivity contribution in [2.24, 2.45) is 11.8 Å². The molecule has 0 radical (unpaired) electrons. The lowest BCUT2D eigenvalue weighted by Crippen LogP contribution is -2.12. The molecule has 0 bridgehead atoms. The molecule has 8 aromatic carbocycles. The molecule has 12 rings (SSSR count). The van der Waals surface area contributed by atoms with Crippen LogP contribution in [0.15, 0.2) is 212 Å². The standard InChI is InChI=1S/C56H37N3/c1-2-12-36(13-3-1)38-22-24-39(25-23-38)43-28-29-49-51(34-43)57-56(58-55(49)44-27-26-37-14-4-5-15-40(37)32-44)48-30-31-53(46-19-9-8-18-45(46)48)59-52-21-11-10-20-47(52)50-33-41-16-6-7-17-42(41)35-54(50)59/h1-35,37,40H. The van der Waals surface area contributed by atoms with Crippen LogP contribution in [0.25, 0.3) is 99.2 Å². The van der Waals surface area contributed by atoms with Crippen molar-refractivity contribution in [3.63, 3.8) is 0 Å². The van der Waals surface area contributed by atoms with Crippen molar-refractivity contribution in [3.8, 4) is 39.3 Å². The van der Waals surface area contributed by atoms with Gasteiger partial charge in [-0.2, -0.15) is 0 Å². The lowest BCUT2D eigenvalue weighted by atomic mass is 9.82. The Hall–Kier alpha value is -7.62. The van der Waals surface area contributed by atoms with Crippen LogP contribution in [-0.2, 0) is 0 Å². The number of hydrogen-bond acceptors (Lipinski definition) is 2. The summed E-state index contributed by atoms with van der Waals surface area (Å²) in [5, 5.41) is 8.27. The maximum atomic E-state index is 5.48. The third kappa shape index (κ3) is 5.58. The average molecular weight is 752 g/mol. The lowest BCUT2D eigenvalue weighted by Gasteiger charge is -2.23. The Bertz CT molecular complexity index is 3440. The van der Waals surface area contributed by atoms with Crippen molar-refractivity contribution >= 4 is 59.8 Å². The monoisotopic (exact) mass is 751 g/mol. The number of benzene rings is 8. The summed E-state index contributed by atoms with van der Waals surface area (Å²) in [7, 11) is 0. The Morgan fingerprint density at radius 3 is 1.92 bits per heavy atom. The van der Waals surface area contributed by atoms with E-state index in [0.29, 0.717) is 11.8 Å². The van der Waals surface area contributed by atoms with Crippen LogP contribution in [0.5, 0.6) is 0 Å². The second-order valence-corrected chi connectivity index (χ2v) is 15.7. The van der Waals surface area contributed by atoms with Gasteiger partial charge in [-0.3, -0.25) is 0 Å². The number of fused-ring (bicyclic) bond motifs is 7. The van der Waals surface area contributed by atoms with Crippen LogP contribution in [0.3, 0.4) is 0 Å². The van der Waals surface area contributed by atoms with Crippen LogP contribution >= 0.6 is 0 Å². The van der Waals surface area contributed by atoms with Crippen molar-refractivity contribution in [3.05, 3.63) is 218 Å². The van der Waals surface area contributed by atoms with Crippen molar-refractivity contribution in [2.75, 3.05) is 0 Å². The SMILES string of the molecule is C1=CC2C=CC(c3nc(-c4ccc(-n5c6ccccc6c6cc7ccccc7cc65)c5ccccc45)nc4cc(-c5ccc(-c6ccccc6)cc5)ccc34)=CC2C=C1. The van der Waals surface area contributed by atoms with E-state index < -0.39 is 0 Å². The molecule has 2 heterocycles. The largest absolute Gasteiger partial charge is 0.309 e. The third-order valence-corrected chi connectivity index (χ3v) is 12.3. The fourth-order valence-electron chi connectivity index (χ4n) is 9.36. The first kappa shape index (κ1) is 33.5. The van der Waals surface area contributed by atoms with Gasteiger partial charge in [0.15, 0.2) is 5.82 Å². The van der Waals surface area contributed by atoms with E-state index in [1.165, 1.54) is 43.7 Å². The zero-order valence-electron chi connectivity index (χ0n) is 32.2. The summed E-state index contributed by atoms with van der Waals surface area (Å²) in [4.78, 5) is 10.9. The number of allylic oxidation sites excluding steroid dienone is 8. The van der Waals surface area contributed by atoms with Gasteiger partial charge in [0.25, 0.3) is 0 Å². The van der Waals surface area contributed by atoms with Gasteiger partial charge in [0.1, 0.15) is 0 Å². The fourth-order valence-corrected chi connectivity index (χ4v) is 9.36. The van der Waals surface area contributed by atoms with Crippen LogP contribution in [0.4, 0.5) is 0 Å². The summed E-state index contributed by atoms with van der Waals surface area (Å²) in [6.45, 7) is 0. The van der Waals surface area contributed by atoms with Crippen LogP contribution in [0, 0.1) is 11.8 Å². The highest BCUT2D eigenvalue weighted by atomic mass is 15.0. The number of rotatable bonds is 5. The Labute approximate surface area is 342 Å². The van der Waals surface area contributed by atoms with E-state index in [9.17, 15) is 0 Å². The van der Waals surface area contributed by atoms with E-state index in [1.807, 2.05) is 0 Å². The minimum atomic E-state index is 0.291.